The molecule has 5 aromatic rings. The molecule has 9 heteroatoms. The molecular weight excluding hydrogens is 468 g/mol. The quantitative estimate of drug-likeness (QED) is 0.308. The lowest BCUT2D eigenvalue weighted by molar-refractivity contribution is 0.154. The van der Waals surface area contributed by atoms with Gasteiger partial charge in [0.1, 0.15) is 17.0 Å². The summed E-state index contributed by atoms with van der Waals surface area (Å²) >= 11 is 6.33. The Morgan fingerprint density at radius 3 is 2.31 bits per heavy atom. The second-order valence-corrected chi connectivity index (χ2v) is 8.55. The number of hydrogen-bond acceptors (Lipinski definition) is 4. The molecule has 2 aromatic heterocycles. The van der Waals surface area contributed by atoms with Gasteiger partial charge in [-0.2, -0.15) is 0 Å². The van der Waals surface area contributed by atoms with Gasteiger partial charge in [0.2, 0.25) is 0 Å². The van der Waals surface area contributed by atoms with Gasteiger partial charge < -0.3 is 19.7 Å². The fourth-order valence-corrected chi connectivity index (χ4v) is 4.20. The van der Waals surface area contributed by atoms with Crippen molar-refractivity contribution >= 4 is 39.6 Å². The SMILES string of the molecule is CN(Cc1ccc(Oc2ccc(Cn3c(=O)[nH]c4c(Cl)nc5ccccc5c43)cc2)cc1)C(=O)O. The van der Waals surface area contributed by atoms with Gasteiger partial charge in [-0.25, -0.2) is 14.6 Å². The first-order valence-electron chi connectivity index (χ1n) is 10.9. The van der Waals surface area contributed by atoms with Crippen molar-refractivity contribution in [1.29, 1.82) is 0 Å². The van der Waals surface area contributed by atoms with Crippen molar-refractivity contribution in [3.05, 3.63) is 99.6 Å². The van der Waals surface area contributed by atoms with Crippen LogP contribution in [0.2, 0.25) is 5.15 Å². The van der Waals surface area contributed by atoms with Gasteiger partial charge in [-0.05, 0) is 41.5 Å². The minimum absolute atomic E-state index is 0.256. The lowest BCUT2D eigenvalue weighted by atomic mass is 10.1. The van der Waals surface area contributed by atoms with Crippen LogP contribution in [0.15, 0.2) is 77.6 Å². The Kier molecular flexibility index (Phi) is 5.88. The highest BCUT2D eigenvalue weighted by Crippen LogP contribution is 2.28. The number of H-pyrrole nitrogens is 1. The van der Waals surface area contributed by atoms with Crippen molar-refractivity contribution in [2.45, 2.75) is 13.1 Å². The Hall–Kier alpha value is -4.30. The first-order valence-corrected chi connectivity index (χ1v) is 11.2. The Bertz CT molecular complexity index is 1590. The summed E-state index contributed by atoms with van der Waals surface area (Å²) in [5.74, 6) is 1.29. The number of aromatic nitrogens is 3. The van der Waals surface area contributed by atoms with Crippen molar-refractivity contribution < 1.29 is 14.6 Å². The number of fused-ring (bicyclic) bond motifs is 3. The maximum absolute atomic E-state index is 12.7. The number of nitrogens with one attached hydrogen (secondary N) is 1. The summed E-state index contributed by atoms with van der Waals surface area (Å²) in [6.45, 7) is 0.656. The summed E-state index contributed by atoms with van der Waals surface area (Å²) < 4.78 is 7.57. The predicted octanol–water partition coefficient (Wildman–Crippen LogP) is 5.48. The molecule has 0 radical (unpaired) electrons. The zero-order valence-corrected chi connectivity index (χ0v) is 19.5. The molecule has 0 aliphatic heterocycles. The summed E-state index contributed by atoms with van der Waals surface area (Å²) in [7, 11) is 1.52. The highest BCUT2D eigenvalue weighted by molar-refractivity contribution is 6.35. The zero-order chi connectivity index (χ0) is 24.5. The molecule has 2 heterocycles. The van der Waals surface area contributed by atoms with E-state index in [-0.39, 0.29) is 10.8 Å². The van der Waals surface area contributed by atoms with Crippen LogP contribution < -0.4 is 10.4 Å². The van der Waals surface area contributed by atoms with E-state index in [2.05, 4.69) is 9.97 Å². The number of aromatic amines is 1. The Morgan fingerprint density at radius 2 is 1.66 bits per heavy atom. The van der Waals surface area contributed by atoms with Gasteiger partial charge >= 0.3 is 11.8 Å². The maximum Gasteiger partial charge on any atom is 0.407 e. The van der Waals surface area contributed by atoms with E-state index in [0.29, 0.717) is 30.1 Å². The van der Waals surface area contributed by atoms with Gasteiger partial charge in [0.15, 0.2) is 5.15 Å². The van der Waals surface area contributed by atoms with Gasteiger partial charge in [-0.15, -0.1) is 0 Å². The Balaban J connectivity index is 1.35. The van der Waals surface area contributed by atoms with E-state index in [0.717, 1.165) is 27.5 Å². The molecule has 0 aliphatic carbocycles. The molecule has 0 unspecified atom stereocenters. The third-order valence-electron chi connectivity index (χ3n) is 5.74. The number of pyridine rings is 1. The molecule has 0 aliphatic rings. The van der Waals surface area contributed by atoms with E-state index < -0.39 is 6.09 Å². The highest BCUT2D eigenvalue weighted by atomic mass is 35.5. The van der Waals surface area contributed by atoms with Crippen LogP contribution in [0.25, 0.3) is 21.9 Å². The minimum Gasteiger partial charge on any atom is -0.465 e. The second kappa shape index (κ2) is 9.15. The molecule has 0 atom stereocenters. The van der Waals surface area contributed by atoms with Gasteiger partial charge in [0.25, 0.3) is 0 Å². The number of benzene rings is 3. The number of nitrogens with zero attached hydrogens (tertiary/aromatic N) is 3. The van der Waals surface area contributed by atoms with Crippen molar-refractivity contribution in [2.24, 2.45) is 0 Å². The number of amides is 1. The number of rotatable bonds is 6. The fraction of sp³-hybridized carbons (Fsp3) is 0.115. The molecule has 3 aromatic carbocycles. The lowest BCUT2D eigenvalue weighted by Gasteiger charge is -2.13. The van der Waals surface area contributed by atoms with Crippen LogP contribution in [0.5, 0.6) is 11.5 Å². The van der Waals surface area contributed by atoms with Crippen molar-refractivity contribution in [3.8, 4) is 11.5 Å². The molecule has 176 valence electrons. The molecule has 2 N–H and O–H groups in total. The summed E-state index contributed by atoms with van der Waals surface area (Å²) in [5, 5.41) is 10.1. The van der Waals surface area contributed by atoms with Crippen LogP contribution >= 0.6 is 11.6 Å². The van der Waals surface area contributed by atoms with Crippen LogP contribution in [0.4, 0.5) is 4.79 Å². The molecule has 8 nitrogen and oxygen atoms in total. The first kappa shape index (κ1) is 22.5. The fourth-order valence-electron chi connectivity index (χ4n) is 3.97. The average molecular weight is 489 g/mol. The minimum atomic E-state index is -0.978. The van der Waals surface area contributed by atoms with Crippen molar-refractivity contribution in [1.82, 2.24) is 19.4 Å². The van der Waals surface area contributed by atoms with E-state index in [4.69, 9.17) is 21.4 Å². The summed E-state index contributed by atoms with van der Waals surface area (Å²) in [6, 6.07) is 22.3. The molecule has 0 saturated carbocycles. The number of carboxylic acid groups (broad SMARTS) is 1. The highest BCUT2D eigenvalue weighted by Gasteiger charge is 2.15. The first-order chi connectivity index (χ1) is 16.9. The van der Waals surface area contributed by atoms with E-state index in [9.17, 15) is 9.59 Å². The van der Waals surface area contributed by atoms with E-state index in [1.54, 1.807) is 16.7 Å². The molecule has 35 heavy (non-hydrogen) atoms. The molecule has 0 spiro atoms. The van der Waals surface area contributed by atoms with E-state index in [1.807, 2.05) is 60.7 Å². The molecule has 0 fully saturated rings. The van der Waals surface area contributed by atoms with E-state index in [1.165, 1.54) is 11.9 Å². The standard InChI is InChI=1S/C26H21ClN4O4/c1-30(26(33)34)14-16-6-10-18(11-7-16)35-19-12-8-17(9-13-19)15-31-23-20-4-2-3-5-21(20)28-24(27)22(23)29-25(31)32/h2-13H,14-15H2,1H3,(H,29,32)(H,33,34). The van der Waals surface area contributed by atoms with Gasteiger partial charge in [0.05, 0.1) is 17.6 Å². The summed E-state index contributed by atoms with van der Waals surface area (Å²) in [5.41, 5.74) is 3.50. The third kappa shape index (κ3) is 4.56. The Labute approximate surface area is 205 Å². The summed E-state index contributed by atoms with van der Waals surface area (Å²) in [4.78, 5) is 32.1. The van der Waals surface area contributed by atoms with Crippen molar-refractivity contribution in [2.75, 3.05) is 7.05 Å². The predicted molar refractivity (Wildman–Crippen MR) is 134 cm³/mol. The second-order valence-electron chi connectivity index (χ2n) is 8.19. The lowest BCUT2D eigenvalue weighted by Crippen LogP contribution is -2.23. The van der Waals surface area contributed by atoms with Crippen LogP contribution in [0.3, 0.4) is 0 Å². The van der Waals surface area contributed by atoms with Crippen LogP contribution in [-0.4, -0.2) is 37.7 Å². The van der Waals surface area contributed by atoms with Crippen LogP contribution in [-0.2, 0) is 13.1 Å². The topological polar surface area (TPSA) is 100 Å². The largest absolute Gasteiger partial charge is 0.465 e. The molecule has 0 saturated heterocycles. The molecular formula is C26H21ClN4O4. The van der Waals surface area contributed by atoms with Crippen LogP contribution in [0, 0.1) is 0 Å². The normalized spacial score (nSPS) is 11.1. The smallest absolute Gasteiger partial charge is 0.407 e. The third-order valence-corrected chi connectivity index (χ3v) is 6.01. The van der Waals surface area contributed by atoms with Gasteiger partial charge in [-0.3, -0.25) is 4.57 Å². The van der Waals surface area contributed by atoms with Crippen molar-refractivity contribution in [3.63, 3.8) is 0 Å². The zero-order valence-electron chi connectivity index (χ0n) is 18.7. The average Bonchev–Trinajstić information content (AvgIpc) is 3.18. The number of ether oxygens (including phenoxy) is 1. The monoisotopic (exact) mass is 488 g/mol. The molecule has 1 amide bonds. The number of hydrogen-bond donors (Lipinski definition) is 2. The van der Waals surface area contributed by atoms with Gasteiger partial charge in [-0.1, -0.05) is 54.1 Å². The van der Waals surface area contributed by atoms with E-state index >= 15 is 0 Å². The maximum atomic E-state index is 12.7. The number of halogens is 1. The van der Waals surface area contributed by atoms with Gasteiger partial charge in [0, 0.05) is 19.0 Å². The number of carbonyl (C=O) groups is 1. The molecule has 0 bridgehead atoms. The Morgan fingerprint density at radius 1 is 1.03 bits per heavy atom. The number of imidazole rings is 1. The summed E-state index contributed by atoms with van der Waals surface area (Å²) in [6.07, 6.45) is -0.978. The number of para-hydroxylation sites is 1. The molecule has 5 rings (SSSR count). The van der Waals surface area contributed by atoms with Crippen LogP contribution in [0.1, 0.15) is 11.1 Å².